The third-order valence-corrected chi connectivity index (χ3v) is 0.961. The molecule has 0 saturated carbocycles. The zero-order chi connectivity index (χ0) is 7.28. The largest absolute Gasteiger partial charge is 0.302 e. The Balaban J connectivity index is 3.69. The minimum atomic E-state index is -0.450. The molecule has 1 atom stereocenters. The van der Waals surface area contributed by atoms with Gasteiger partial charge in [0.25, 0.3) is 0 Å². The monoisotopic (exact) mass is 144 g/mol. The number of aldehydes is 1. The van der Waals surface area contributed by atoms with Crippen molar-refractivity contribution in [2.24, 2.45) is 0 Å². The van der Waals surface area contributed by atoms with Crippen LogP contribution in [0.4, 0.5) is 0 Å². The maximum absolute atomic E-state index is 10.2. The van der Waals surface area contributed by atoms with Gasteiger partial charge in [-0.25, -0.2) is 0 Å². The molecule has 1 unspecified atom stereocenters. The van der Waals surface area contributed by atoms with E-state index in [1.807, 2.05) is 0 Å². The van der Waals surface area contributed by atoms with Gasteiger partial charge in [-0.15, -0.1) is 0 Å². The first kappa shape index (κ1) is 8.43. The summed E-state index contributed by atoms with van der Waals surface area (Å²) < 4.78 is 0. The molecule has 0 bridgehead atoms. The number of hydrogen-bond acceptors (Lipinski definition) is 3. The van der Waals surface area contributed by atoms with E-state index in [1.165, 1.54) is 19.1 Å². The Hall–Kier alpha value is -0.570. The third kappa shape index (κ3) is 5.30. The lowest BCUT2D eigenvalue weighted by Crippen LogP contribution is -1.94. The minimum absolute atomic E-state index is 0.0732. The Bertz CT molecular complexity index is 140. The van der Waals surface area contributed by atoms with Crippen LogP contribution in [0.25, 0.3) is 0 Å². The predicted molar refractivity (Wildman–Crippen MR) is 38.7 cm³/mol. The van der Waals surface area contributed by atoms with Gasteiger partial charge in [0.05, 0.1) is 5.25 Å². The van der Waals surface area contributed by atoms with Gasteiger partial charge in [0.2, 0.25) is 0 Å². The van der Waals surface area contributed by atoms with Crippen LogP contribution in [0, 0.1) is 0 Å². The average molecular weight is 144 g/mol. The molecule has 50 valence electrons. The summed E-state index contributed by atoms with van der Waals surface area (Å²) in [6.45, 7) is 1.42. The van der Waals surface area contributed by atoms with E-state index < -0.39 is 5.25 Å². The highest BCUT2D eigenvalue weighted by Gasteiger charge is 1.91. The van der Waals surface area contributed by atoms with Crippen molar-refractivity contribution in [3.63, 3.8) is 0 Å². The van der Waals surface area contributed by atoms with Gasteiger partial charge in [-0.2, -0.15) is 12.6 Å². The van der Waals surface area contributed by atoms with Crippen molar-refractivity contribution >= 4 is 24.7 Å². The Labute approximate surface area is 59.4 Å². The first-order valence-electron chi connectivity index (χ1n) is 2.49. The molecular weight excluding hydrogens is 136 g/mol. The highest BCUT2D eigenvalue weighted by molar-refractivity contribution is 7.81. The van der Waals surface area contributed by atoms with Crippen LogP contribution in [0.3, 0.4) is 0 Å². The third-order valence-electron chi connectivity index (χ3n) is 0.668. The van der Waals surface area contributed by atoms with Crippen molar-refractivity contribution in [2.45, 2.75) is 12.2 Å². The van der Waals surface area contributed by atoms with E-state index in [0.717, 1.165) is 0 Å². The highest BCUT2D eigenvalue weighted by Crippen LogP contribution is 1.91. The summed E-state index contributed by atoms with van der Waals surface area (Å²) in [6.07, 6.45) is 3.42. The molecule has 0 aliphatic heterocycles. The molecule has 0 heterocycles. The quantitative estimate of drug-likeness (QED) is 0.358. The molecule has 0 amide bonds. The van der Waals surface area contributed by atoms with Gasteiger partial charge in [-0.1, -0.05) is 6.08 Å². The lowest BCUT2D eigenvalue weighted by Gasteiger charge is -1.87. The van der Waals surface area contributed by atoms with Crippen molar-refractivity contribution < 1.29 is 9.59 Å². The number of carbonyl (C=O) groups is 2. The molecule has 9 heavy (non-hydrogen) atoms. The summed E-state index contributed by atoms with van der Waals surface area (Å²) in [4.78, 5) is 20.1. The Morgan fingerprint density at radius 1 is 1.67 bits per heavy atom. The summed E-state index contributed by atoms with van der Waals surface area (Å²) in [7, 11) is 0. The Morgan fingerprint density at radius 2 is 2.22 bits per heavy atom. The minimum Gasteiger partial charge on any atom is -0.302 e. The summed E-state index contributed by atoms with van der Waals surface area (Å²) >= 11 is 3.80. The maximum atomic E-state index is 10.2. The highest BCUT2D eigenvalue weighted by atomic mass is 32.1. The topological polar surface area (TPSA) is 34.1 Å². The van der Waals surface area contributed by atoms with E-state index in [4.69, 9.17) is 0 Å². The molecule has 0 aromatic heterocycles. The van der Waals surface area contributed by atoms with Crippen molar-refractivity contribution in [3.05, 3.63) is 12.2 Å². The average Bonchev–Trinajstić information content (AvgIpc) is 1.83. The first-order valence-corrected chi connectivity index (χ1v) is 3.00. The number of rotatable bonds is 3. The normalized spacial score (nSPS) is 13.6. The Morgan fingerprint density at radius 3 is 2.56 bits per heavy atom. The number of carbonyl (C=O) groups excluding carboxylic acids is 2. The van der Waals surface area contributed by atoms with Crippen LogP contribution in [0.1, 0.15) is 6.92 Å². The maximum Gasteiger partial charge on any atom is 0.152 e. The molecule has 0 spiro atoms. The molecular formula is C6H8O2S. The standard InChI is InChI=1S/C6H8O2S/c1-5(8)2-3-6(9)4-7/h2-4,6,9H,1H3/b3-2-. The second-order valence-electron chi connectivity index (χ2n) is 1.60. The molecule has 0 N–H and O–H groups in total. The molecule has 0 fully saturated rings. The van der Waals surface area contributed by atoms with Crippen molar-refractivity contribution in [3.8, 4) is 0 Å². The van der Waals surface area contributed by atoms with E-state index in [9.17, 15) is 9.59 Å². The smallest absolute Gasteiger partial charge is 0.152 e. The molecule has 0 radical (unpaired) electrons. The van der Waals surface area contributed by atoms with E-state index in [2.05, 4.69) is 12.6 Å². The van der Waals surface area contributed by atoms with Gasteiger partial charge in [0.1, 0.15) is 6.29 Å². The summed E-state index contributed by atoms with van der Waals surface area (Å²) in [5, 5.41) is -0.450. The molecule has 2 nitrogen and oxygen atoms in total. The van der Waals surface area contributed by atoms with Gasteiger partial charge in [0, 0.05) is 0 Å². The van der Waals surface area contributed by atoms with Crippen LogP contribution in [-0.4, -0.2) is 17.3 Å². The molecule has 0 rings (SSSR count). The van der Waals surface area contributed by atoms with Crippen molar-refractivity contribution in [2.75, 3.05) is 0 Å². The fourth-order valence-corrected chi connectivity index (χ4v) is 0.366. The van der Waals surface area contributed by atoms with Crippen LogP contribution >= 0.6 is 12.6 Å². The molecule has 0 saturated heterocycles. The van der Waals surface area contributed by atoms with Crippen LogP contribution in [-0.2, 0) is 9.59 Å². The zero-order valence-electron chi connectivity index (χ0n) is 5.07. The van der Waals surface area contributed by atoms with Gasteiger partial charge in [-0.05, 0) is 13.0 Å². The fraction of sp³-hybridized carbons (Fsp3) is 0.333. The predicted octanol–water partition coefficient (Wildman–Crippen LogP) is 0.629. The van der Waals surface area contributed by atoms with Crippen molar-refractivity contribution in [1.82, 2.24) is 0 Å². The van der Waals surface area contributed by atoms with Crippen LogP contribution < -0.4 is 0 Å². The van der Waals surface area contributed by atoms with E-state index in [0.29, 0.717) is 6.29 Å². The van der Waals surface area contributed by atoms with E-state index in [1.54, 1.807) is 0 Å². The van der Waals surface area contributed by atoms with Gasteiger partial charge in [-0.3, -0.25) is 4.79 Å². The molecule has 0 aromatic carbocycles. The van der Waals surface area contributed by atoms with Gasteiger partial charge >= 0.3 is 0 Å². The van der Waals surface area contributed by atoms with Crippen LogP contribution in [0.2, 0.25) is 0 Å². The number of ketones is 1. The van der Waals surface area contributed by atoms with Crippen LogP contribution in [0.5, 0.6) is 0 Å². The zero-order valence-corrected chi connectivity index (χ0v) is 5.97. The Kier molecular flexibility index (Phi) is 4.05. The number of thiol groups is 1. The lowest BCUT2D eigenvalue weighted by atomic mass is 10.3. The molecule has 3 heteroatoms. The lowest BCUT2D eigenvalue weighted by molar-refractivity contribution is -0.112. The van der Waals surface area contributed by atoms with Gasteiger partial charge in [0.15, 0.2) is 5.78 Å². The number of hydrogen-bond donors (Lipinski definition) is 1. The molecule has 0 aliphatic rings. The summed E-state index contributed by atoms with van der Waals surface area (Å²) in [5.74, 6) is -0.0732. The summed E-state index contributed by atoms with van der Waals surface area (Å²) in [6, 6.07) is 0. The van der Waals surface area contributed by atoms with Gasteiger partial charge < -0.3 is 4.79 Å². The number of allylic oxidation sites excluding steroid dienone is 1. The SMILES string of the molecule is CC(=O)/C=C\C(S)C=O. The fourth-order valence-electron chi connectivity index (χ4n) is 0.279. The first-order chi connectivity index (χ1) is 4.16. The second-order valence-corrected chi connectivity index (χ2v) is 2.19. The van der Waals surface area contributed by atoms with E-state index >= 15 is 0 Å². The summed E-state index contributed by atoms with van der Waals surface area (Å²) in [5.41, 5.74) is 0. The molecule has 0 aliphatic carbocycles. The molecule has 0 aromatic rings. The second kappa shape index (κ2) is 4.32. The van der Waals surface area contributed by atoms with Crippen molar-refractivity contribution in [1.29, 1.82) is 0 Å². The van der Waals surface area contributed by atoms with Crippen LogP contribution in [0.15, 0.2) is 12.2 Å². The van der Waals surface area contributed by atoms with E-state index in [-0.39, 0.29) is 5.78 Å².